The summed E-state index contributed by atoms with van der Waals surface area (Å²) in [5.74, 6) is -3.87. The number of pyridine rings is 3. The summed E-state index contributed by atoms with van der Waals surface area (Å²) in [6.07, 6.45) is 6.18. The van der Waals surface area contributed by atoms with E-state index in [9.17, 15) is 29.7 Å². The smallest absolute Gasteiger partial charge is 0.336 e. The molecule has 0 bridgehead atoms. The lowest BCUT2D eigenvalue weighted by atomic mass is 9.92. The fourth-order valence-electron chi connectivity index (χ4n) is 2.67. The van der Waals surface area contributed by atoms with E-state index in [2.05, 4.69) is 15.0 Å². The molecule has 0 aliphatic carbocycles. The van der Waals surface area contributed by atoms with Gasteiger partial charge in [-0.1, -0.05) is 0 Å². The van der Waals surface area contributed by atoms with Crippen molar-refractivity contribution in [3.63, 3.8) is 0 Å². The van der Waals surface area contributed by atoms with Gasteiger partial charge in [0.2, 0.25) is 0 Å². The monoisotopic (exact) mass is 365 g/mol. The van der Waals surface area contributed by atoms with Crippen molar-refractivity contribution in [3.8, 4) is 22.4 Å². The van der Waals surface area contributed by atoms with Crippen LogP contribution in [0.15, 0.2) is 49.2 Å². The SMILES string of the molecule is O=C(O)c1ccncc1-c1nccc(C(=O)O)c1-c1cnccc1C(=O)O. The predicted octanol–water partition coefficient (Wildman–Crippen LogP) is 2.30. The van der Waals surface area contributed by atoms with Crippen molar-refractivity contribution in [2.45, 2.75) is 0 Å². The second-order valence-corrected chi connectivity index (χ2v) is 5.34. The van der Waals surface area contributed by atoms with Crippen molar-refractivity contribution in [1.82, 2.24) is 15.0 Å². The molecule has 0 atom stereocenters. The topological polar surface area (TPSA) is 151 Å². The quantitative estimate of drug-likeness (QED) is 0.618. The Morgan fingerprint density at radius 2 is 1.15 bits per heavy atom. The highest BCUT2D eigenvalue weighted by molar-refractivity contribution is 6.07. The molecular weight excluding hydrogens is 354 g/mol. The van der Waals surface area contributed by atoms with Crippen molar-refractivity contribution < 1.29 is 29.7 Å². The summed E-state index contributed by atoms with van der Waals surface area (Å²) in [5.41, 5.74) is -0.587. The Kier molecular flexibility index (Phi) is 4.58. The van der Waals surface area contributed by atoms with Crippen LogP contribution in [0.4, 0.5) is 0 Å². The third kappa shape index (κ3) is 3.21. The number of nitrogens with zero attached hydrogens (tertiary/aromatic N) is 3. The van der Waals surface area contributed by atoms with E-state index in [0.717, 1.165) is 0 Å². The van der Waals surface area contributed by atoms with Crippen LogP contribution < -0.4 is 0 Å². The highest BCUT2D eigenvalue weighted by Gasteiger charge is 2.25. The first-order chi connectivity index (χ1) is 12.9. The van der Waals surface area contributed by atoms with Gasteiger partial charge >= 0.3 is 17.9 Å². The van der Waals surface area contributed by atoms with E-state index in [1.807, 2.05) is 0 Å². The fraction of sp³-hybridized carbons (Fsp3) is 0. The molecule has 0 aliphatic rings. The van der Waals surface area contributed by atoms with Gasteiger partial charge in [-0.2, -0.15) is 0 Å². The van der Waals surface area contributed by atoms with Crippen LogP contribution in [0.5, 0.6) is 0 Å². The number of hydrogen-bond donors (Lipinski definition) is 3. The summed E-state index contributed by atoms with van der Waals surface area (Å²) in [7, 11) is 0. The second kappa shape index (κ2) is 7.00. The van der Waals surface area contributed by atoms with Crippen LogP contribution in [0.2, 0.25) is 0 Å². The summed E-state index contributed by atoms with van der Waals surface area (Å²) in [5, 5.41) is 28.5. The summed E-state index contributed by atoms with van der Waals surface area (Å²) in [4.78, 5) is 46.8. The van der Waals surface area contributed by atoms with Gasteiger partial charge in [0.1, 0.15) is 0 Å². The number of aromatic nitrogens is 3. The summed E-state index contributed by atoms with van der Waals surface area (Å²) >= 11 is 0. The lowest BCUT2D eigenvalue weighted by molar-refractivity contribution is 0.0684. The van der Waals surface area contributed by atoms with Gasteiger partial charge in [0.05, 0.1) is 22.4 Å². The van der Waals surface area contributed by atoms with Crippen LogP contribution in [-0.4, -0.2) is 48.2 Å². The minimum absolute atomic E-state index is 0.00527. The molecule has 9 nitrogen and oxygen atoms in total. The molecule has 0 fully saturated rings. The number of carboxylic acids is 3. The Hall–Kier alpha value is -4.14. The molecule has 3 aromatic heterocycles. The molecule has 9 heteroatoms. The molecule has 0 amide bonds. The van der Waals surface area contributed by atoms with Gasteiger partial charge < -0.3 is 15.3 Å². The van der Waals surface area contributed by atoms with Gasteiger partial charge in [-0.15, -0.1) is 0 Å². The Balaban J connectivity index is 2.44. The Morgan fingerprint density at radius 3 is 1.70 bits per heavy atom. The van der Waals surface area contributed by atoms with Crippen LogP contribution in [0.3, 0.4) is 0 Å². The average molecular weight is 365 g/mol. The minimum atomic E-state index is -1.32. The molecule has 0 saturated carbocycles. The van der Waals surface area contributed by atoms with E-state index in [1.54, 1.807) is 0 Å². The first kappa shape index (κ1) is 17.7. The van der Waals surface area contributed by atoms with Crippen molar-refractivity contribution in [2.24, 2.45) is 0 Å². The normalized spacial score (nSPS) is 10.4. The van der Waals surface area contributed by atoms with Crippen LogP contribution in [-0.2, 0) is 0 Å². The number of rotatable bonds is 5. The molecular formula is C18H11N3O6. The zero-order valence-electron chi connectivity index (χ0n) is 13.5. The zero-order chi connectivity index (χ0) is 19.6. The molecule has 0 radical (unpaired) electrons. The second-order valence-electron chi connectivity index (χ2n) is 5.34. The lowest BCUT2D eigenvalue weighted by Gasteiger charge is -2.15. The molecule has 0 aliphatic heterocycles. The average Bonchev–Trinajstić information content (AvgIpc) is 2.67. The maximum atomic E-state index is 11.8. The maximum Gasteiger partial charge on any atom is 0.336 e. The summed E-state index contributed by atoms with van der Waals surface area (Å²) < 4.78 is 0. The van der Waals surface area contributed by atoms with Crippen molar-refractivity contribution in [1.29, 1.82) is 0 Å². The van der Waals surface area contributed by atoms with E-state index in [0.29, 0.717) is 0 Å². The van der Waals surface area contributed by atoms with Crippen LogP contribution >= 0.6 is 0 Å². The largest absolute Gasteiger partial charge is 0.478 e. The van der Waals surface area contributed by atoms with Crippen LogP contribution in [0, 0.1) is 0 Å². The van der Waals surface area contributed by atoms with Crippen molar-refractivity contribution in [2.75, 3.05) is 0 Å². The minimum Gasteiger partial charge on any atom is -0.478 e. The van der Waals surface area contributed by atoms with E-state index < -0.39 is 17.9 Å². The van der Waals surface area contributed by atoms with Gasteiger partial charge in [0, 0.05) is 47.7 Å². The van der Waals surface area contributed by atoms with Crippen LogP contribution in [0.25, 0.3) is 22.4 Å². The van der Waals surface area contributed by atoms with Gasteiger partial charge in [0.25, 0.3) is 0 Å². The highest BCUT2D eigenvalue weighted by atomic mass is 16.4. The van der Waals surface area contributed by atoms with Crippen LogP contribution in [0.1, 0.15) is 31.1 Å². The first-order valence-corrected chi connectivity index (χ1v) is 7.49. The molecule has 3 rings (SSSR count). The van der Waals surface area contributed by atoms with Crippen molar-refractivity contribution >= 4 is 17.9 Å². The van der Waals surface area contributed by atoms with E-state index >= 15 is 0 Å². The predicted molar refractivity (Wildman–Crippen MR) is 91.6 cm³/mol. The Labute approximate surface area is 151 Å². The van der Waals surface area contributed by atoms with E-state index in [4.69, 9.17) is 0 Å². The molecule has 134 valence electrons. The number of hydrogen-bond acceptors (Lipinski definition) is 6. The van der Waals surface area contributed by atoms with E-state index in [1.165, 1.54) is 49.2 Å². The lowest BCUT2D eigenvalue weighted by Crippen LogP contribution is -2.08. The Morgan fingerprint density at radius 1 is 0.667 bits per heavy atom. The van der Waals surface area contributed by atoms with Gasteiger partial charge in [-0.25, -0.2) is 14.4 Å². The van der Waals surface area contributed by atoms with Gasteiger partial charge in [-0.3, -0.25) is 15.0 Å². The molecule has 0 unspecified atom stereocenters. The molecule has 3 aromatic rings. The third-order valence-electron chi connectivity index (χ3n) is 3.81. The van der Waals surface area contributed by atoms with Gasteiger partial charge in [-0.05, 0) is 18.2 Å². The van der Waals surface area contributed by atoms with Crippen molar-refractivity contribution in [3.05, 3.63) is 65.9 Å². The molecule has 27 heavy (non-hydrogen) atoms. The Bertz CT molecular complexity index is 1080. The fourth-order valence-corrected chi connectivity index (χ4v) is 2.67. The molecule has 0 aromatic carbocycles. The maximum absolute atomic E-state index is 11.8. The molecule has 0 spiro atoms. The van der Waals surface area contributed by atoms with Gasteiger partial charge in [0.15, 0.2) is 0 Å². The first-order valence-electron chi connectivity index (χ1n) is 7.49. The molecule has 3 heterocycles. The summed E-state index contributed by atoms with van der Waals surface area (Å²) in [6.45, 7) is 0. The number of aromatic carboxylic acids is 3. The molecule has 3 N–H and O–H groups in total. The standard InChI is InChI=1S/C18H11N3O6/c22-16(23)9-1-4-19-7-12(9)14-11(18(26)27)3-6-21-15(14)13-8-20-5-2-10(13)17(24)25/h1-8H,(H,22,23)(H,24,25)(H,26,27). The van der Waals surface area contributed by atoms with E-state index in [-0.39, 0.29) is 39.1 Å². The summed E-state index contributed by atoms with van der Waals surface area (Å²) in [6, 6.07) is 3.68. The molecule has 0 saturated heterocycles. The number of carbonyl (C=O) groups is 3. The number of carboxylic acid groups (broad SMARTS) is 3. The zero-order valence-corrected chi connectivity index (χ0v) is 13.5. The third-order valence-corrected chi connectivity index (χ3v) is 3.81. The highest BCUT2D eigenvalue weighted by Crippen LogP contribution is 2.36.